The second-order valence-electron chi connectivity index (χ2n) is 7.00. The molecule has 27 heavy (non-hydrogen) atoms. The smallest absolute Gasteiger partial charge is 0.311 e. The number of carbonyl (C=O) groups excluding carboxylic acids is 2. The zero-order valence-electron chi connectivity index (χ0n) is 15.5. The number of hydrogen-bond donors (Lipinski definition) is 0. The molecule has 0 saturated carbocycles. The Morgan fingerprint density at radius 3 is 2.56 bits per heavy atom. The van der Waals surface area contributed by atoms with E-state index in [4.69, 9.17) is 4.74 Å². The fraction of sp³-hybridized carbons (Fsp3) is 0.318. The normalized spacial score (nSPS) is 16.4. The van der Waals surface area contributed by atoms with E-state index >= 15 is 0 Å². The fourth-order valence-corrected chi connectivity index (χ4v) is 3.27. The van der Waals surface area contributed by atoms with Crippen LogP contribution in [-0.4, -0.2) is 29.4 Å². The molecule has 0 aliphatic carbocycles. The lowest BCUT2D eigenvalue weighted by Gasteiger charge is -2.20. The number of rotatable bonds is 5. The molecule has 1 aliphatic heterocycles. The molecule has 0 spiro atoms. The number of carbonyl (C=O) groups is 2. The predicted octanol–water partition coefficient (Wildman–Crippen LogP) is 3.53. The van der Waals surface area contributed by atoms with Crippen molar-refractivity contribution in [3.8, 4) is 17.2 Å². The SMILES string of the molecule is CC(C)N1CC(C(=O)OCc2ccc(-c3ccccc3C#N)cc2)CC1=O. The van der Waals surface area contributed by atoms with Gasteiger partial charge in [0.2, 0.25) is 5.91 Å². The van der Waals surface area contributed by atoms with Gasteiger partial charge in [0.1, 0.15) is 6.61 Å². The Kier molecular flexibility index (Phi) is 5.56. The highest BCUT2D eigenvalue weighted by atomic mass is 16.5. The summed E-state index contributed by atoms with van der Waals surface area (Å²) in [5, 5.41) is 9.22. The van der Waals surface area contributed by atoms with Gasteiger partial charge in [-0.2, -0.15) is 5.26 Å². The highest BCUT2D eigenvalue weighted by Crippen LogP contribution is 2.24. The maximum atomic E-state index is 12.3. The van der Waals surface area contributed by atoms with Crippen molar-refractivity contribution in [1.82, 2.24) is 4.90 Å². The van der Waals surface area contributed by atoms with E-state index in [1.54, 1.807) is 11.0 Å². The van der Waals surface area contributed by atoms with Crippen LogP contribution in [0.1, 0.15) is 31.4 Å². The number of benzene rings is 2. The number of nitriles is 1. The summed E-state index contributed by atoms with van der Waals surface area (Å²) in [7, 11) is 0. The minimum atomic E-state index is -0.387. The molecule has 5 nitrogen and oxygen atoms in total. The van der Waals surface area contributed by atoms with Gasteiger partial charge in [0.05, 0.1) is 17.6 Å². The van der Waals surface area contributed by atoms with Gasteiger partial charge in [0.25, 0.3) is 0 Å². The summed E-state index contributed by atoms with van der Waals surface area (Å²) in [4.78, 5) is 25.9. The summed E-state index contributed by atoms with van der Waals surface area (Å²) in [6, 6.07) is 17.3. The van der Waals surface area contributed by atoms with Crippen LogP contribution in [0.2, 0.25) is 0 Å². The number of ether oxygens (including phenoxy) is 1. The van der Waals surface area contributed by atoms with E-state index in [0.29, 0.717) is 12.1 Å². The van der Waals surface area contributed by atoms with Crippen molar-refractivity contribution in [2.75, 3.05) is 6.54 Å². The molecule has 138 valence electrons. The van der Waals surface area contributed by atoms with Crippen molar-refractivity contribution in [2.24, 2.45) is 5.92 Å². The molecule has 1 saturated heterocycles. The lowest BCUT2D eigenvalue weighted by atomic mass is 9.99. The summed E-state index contributed by atoms with van der Waals surface area (Å²) >= 11 is 0. The molecule has 0 bridgehead atoms. The minimum absolute atomic E-state index is 0.00691. The Bertz CT molecular complexity index is 881. The summed E-state index contributed by atoms with van der Waals surface area (Å²) in [5.41, 5.74) is 3.31. The molecule has 5 heteroatoms. The van der Waals surface area contributed by atoms with E-state index in [0.717, 1.165) is 16.7 Å². The Balaban J connectivity index is 1.60. The minimum Gasteiger partial charge on any atom is -0.461 e. The molecule has 1 heterocycles. The summed E-state index contributed by atoms with van der Waals surface area (Å²) in [6.07, 6.45) is 0.223. The van der Waals surface area contributed by atoms with E-state index in [2.05, 4.69) is 6.07 Å². The second kappa shape index (κ2) is 8.05. The third-order valence-electron chi connectivity index (χ3n) is 4.81. The molecular formula is C22H22N2O3. The molecule has 1 fully saturated rings. The van der Waals surface area contributed by atoms with E-state index in [9.17, 15) is 14.9 Å². The van der Waals surface area contributed by atoms with Crippen LogP contribution in [0.3, 0.4) is 0 Å². The molecule has 0 aromatic heterocycles. The molecule has 1 unspecified atom stereocenters. The van der Waals surface area contributed by atoms with Crippen molar-refractivity contribution < 1.29 is 14.3 Å². The van der Waals surface area contributed by atoms with Crippen molar-refractivity contribution in [3.63, 3.8) is 0 Å². The average Bonchev–Trinajstić information content (AvgIpc) is 3.08. The predicted molar refractivity (Wildman–Crippen MR) is 101 cm³/mol. The molecule has 0 radical (unpaired) electrons. The van der Waals surface area contributed by atoms with E-state index in [1.165, 1.54) is 0 Å². The van der Waals surface area contributed by atoms with Gasteiger partial charge >= 0.3 is 5.97 Å². The molecule has 2 aromatic rings. The van der Waals surface area contributed by atoms with Crippen LogP contribution >= 0.6 is 0 Å². The average molecular weight is 362 g/mol. The number of nitrogens with zero attached hydrogens (tertiary/aromatic N) is 2. The van der Waals surface area contributed by atoms with Gasteiger partial charge in [-0.3, -0.25) is 9.59 Å². The van der Waals surface area contributed by atoms with Gasteiger partial charge in [-0.05, 0) is 36.6 Å². The van der Waals surface area contributed by atoms with Gasteiger partial charge in [0, 0.05) is 19.0 Å². The highest BCUT2D eigenvalue weighted by molar-refractivity contribution is 5.87. The molecule has 1 atom stereocenters. The molecular weight excluding hydrogens is 340 g/mol. The van der Waals surface area contributed by atoms with Crippen LogP contribution in [0.4, 0.5) is 0 Å². The van der Waals surface area contributed by atoms with Crippen LogP contribution < -0.4 is 0 Å². The van der Waals surface area contributed by atoms with Gasteiger partial charge in [-0.1, -0.05) is 42.5 Å². The first-order valence-electron chi connectivity index (χ1n) is 9.04. The Hall–Kier alpha value is -3.13. The zero-order chi connectivity index (χ0) is 19.4. The van der Waals surface area contributed by atoms with Gasteiger partial charge in [-0.25, -0.2) is 0 Å². The number of esters is 1. The van der Waals surface area contributed by atoms with Gasteiger partial charge in [0.15, 0.2) is 0 Å². The highest BCUT2D eigenvalue weighted by Gasteiger charge is 2.36. The molecule has 0 N–H and O–H groups in total. The second-order valence-corrected chi connectivity index (χ2v) is 7.00. The quantitative estimate of drug-likeness (QED) is 0.763. The zero-order valence-corrected chi connectivity index (χ0v) is 15.5. The number of amides is 1. The van der Waals surface area contributed by atoms with E-state index < -0.39 is 0 Å². The third-order valence-corrected chi connectivity index (χ3v) is 4.81. The summed E-state index contributed by atoms with van der Waals surface area (Å²) in [6.45, 7) is 4.49. The lowest BCUT2D eigenvalue weighted by Crippen LogP contribution is -2.32. The van der Waals surface area contributed by atoms with E-state index in [1.807, 2.05) is 56.3 Å². The standard InChI is InChI=1S/C22H22N2O3/c1-15(2)24-13-19(11-21(24)25)22(26)27-14-16-7-9-17(10-8-16)20-6-4-3-5-18(20)12-23/h3-10,15,19H,11,13-14H2,1-2H3. The fourth-order valence-electron chi connectivity index (χ4n) is 3.27. The van der Waals surface area contributed by atoms with Crippen LogP contribution in [0, 0.1) is 17.2 Å². The maximum absolute atomic E-state index is 12.3. The molecule has 1 amide bonds. The molecule has 3 rings (SSSR count). The largest absolute Gasteiger partial charge is 0.461 e. The van der Waals surface area contributed by atoms with Crippen molar-refractivity contribution in [1.29, 1.82) is 5.26 Å². The lowest BCUT2D eigenvalue weighted by molar-refractivity contribution is -0.149. The Morgan fingerprint density at radius 1 is 1.22 bits per heavy atom. The monoisotopic (exact) mass is 362 g/mol. The first kappa shape index (κ1) is 18.7. The van der Waals surface area contributed by atoms with Crippen LogP contribution in [0.25, 0.3) is 11.1 Å². The van der Waals surface area contributed by atoms with Crippen molar-refractivity contribution in [2.45, 2.75) is 32.9 Å². The summed E-state index contributed by atoms with van der Waals surface area (Å²) in [5.74, 6) is -0.709. The van der Waals surface area contributed by atoms with Crippen molar-refractivity contribution >= 4 is 11.9 Å². The molecule has 2 aromatic carbocycles. The van der Waals surface area contributed by atoms with Crippen LogP contribution in [-0.2, 0) is 20.9 Å². The third kappa shape index (κ3) is 4.17. The topological polar surface area (TPSA) is 70.4 Å². The van der Waals surface area contributed by atoms with Gasteiger partial charge in [-0.15, -0.1) is 0 Å². The van der Waals surface area contributed by atoms with E-state index in [-0.39, 0.29) is 36.9 Å². The Labute approximate surface area is 159 Å². The Morgan fingerprint density at radius 2 is 1.93 bits per heavy atom. The molecule has 1 aliphatic rings. The first-order chi connectivity index (χ1) is 13.0. The van der Waals surface area contributed by atoms with Crippen LogP contribution in [0.5, 0.6) is 0 Å². The van der Waals surface area contributed by atoms with Crippen LogP contribution in [0.15, 0.2) is 48.5 Å². The summed E-state index contributed by atoms with van der Waals surface area (Å²) < 4.78 is 5.41. The van der Waals surface area contributed by atoms with Crippen molar-refractivity contribution in [3.05, 3.63) is 59.7 Å². The van der Waals surface area contributed by atoms with Gasteiger partial charge < -0.3 is 9.64 Å². The number of hydrogen-bond acceptors (Lipinski definition) is 4. The first-order valence-corrected chi connectivity index (χ1v) is 9.04. The maximum Gasteiger partial charge on any atom is 0.311 e. The number of likely N-dealkylation sites (tertiary alicyclic amines) is 1.